The van der Waals surface area contributed by atoms with Gasteiger partial charge in [0, 0.05) is 43.0 Å². The smallest absolute Gasteiger partial charge is 0.276 e. The largest absolute Gasteiger partial charge is 0.355 e. The van der Waals surface area contributed by atoms with Gasteiger partial charge in [0.2, 0.25) is 0 Å². The fraction of sp³-hybridized carbons (Fsp3) is 0.278. The van der Waals surface area contributed by atoms with Crippen molar-refractivity contribution in [2.24, 2.45) is 0 Å². The molecular formula is C18H20N4O2. The quantitative estimate of drug-likeness (QED) is 0.723. The molecule has 0 bridgehead atoms. The number of aromatic nitrogens is 3. The number of carbonyl (C=O) groups excluding carboxylic acids is 1. The lowest BCUT2D eigenvalue weighted by Crippen LogP contribution is -2.26. The zero-order chi connectivity index (χ0) is 17.1. The molecule has 1 aromatic carbocycles. The highest BCUT2D eigenvalue weighted by atomic mass is 16.5. The lowest BCUT2D eigenvalue weighted by molar-refractivity contribution is 0.0774. The summed E-state index contributed by atoms with van der Waals surface area (Å²) in [6.45, 7) is 5.35. The van der Waals surface area contributed by atoms with Crippen LogP contribution in [0.25, 0.3) is 11.3 Å². The van der Waals surface area contributed by atoms with Crippen molar-refractivity contribution in [2.75, 3.05) is 7.05 Å². The van der Waals surface area contributed by atoms with Crippen molar-refractivity contribution >= 4 is 5.91 Å². The van der Waals surface area contributed by atoms with Crippen molar-refractivity contribution in [3.8, 4) is 11.3 Å². The molecule has 124 valence electrons. The molecule has 0 saturated heterocycles. The van der Waals surface area contributed by atoms with Gasteiger partial charge in [-0.3, -0.25) is 9.48 Å². The number of hydrogen-bond acceptors (Lipinski definition) is 4. The number of nitrogens with zero attached hydrogens (tertiary/aromatic N) is 4. The minimum atomic E-state index is -0.176. The number of aryl methyl sites for hydroxylation is 1. The molecule has 0 unspecified atom stereocenters. The fourth-order valence-corrected chi connectivity index (χ4v) is 2.60. The van der Waals surface area contributed by atoms with Crippen LogP contribution >= 0.6 is 0 Å². The van der Waals surface area contributed by atoms with Gasteiger partial charge < -0.3 is 9.42 Å². The fourth-order valence-electron chi connectivity index (χ4n) is 2.60. The third kappa shape index (κ3) is 3.08. The standard InChI is InChI=1S/C18H20N4O2/c1-4-22-13(2)15(11-19-22)12-21(3)18(23)16-10-17(24-20-16)14-8-6-5-7-9-14/h5-11H,4,12H2,1-3H3. The Labute approximate surface area is 140 Å². The van der Waals surface area contributed by atoms with Gasteiger partial charge in [-0.15, -0.1) is 0 Å². The molecule has 2 heterocycles. The maximum Gasteiger partial charge on any atom is 0.276 e. The van der Waals surface area contributed by atoms with Crippen LogP contribution in [0.5, 0.6) is 0 Å². The number of rotatable bonds is 5. The van der Waals surface area contributed by atoms with Crippen LogP contribution in [0.2, 0.25) is 0 Å². The normalized spacial score (nSPS) is 10.8. The second-order valence-electron chi connectivity index (χ2n) is 5.67. The van der Waals surface area contributed by atoms with Gasteiger partial charge in [-0.05, 0) is 13.8 Å². The zero-order valence-electron chi connectivity index (χ0n) is 14.1. The lowest BCUT2D eigenvalue weighted by Gasteiger charge is -2.15. The van der Waals surface area contributed by atoms with E-state index in [1.807, 2.05) is 48.9 Å². The Bertz CT molecular complexity index is 836. The van der Waals surface area contributed by atoms with E-state index in [9.17, 15) is 4.79 Å². The molecule has 0 spiro atoms. The minimum Gasteiger partial charge on any atom is -0.355 e. The predicted octanol–water partition coefficient (Wildman–Crippen LogP) is 3.14. The SMILES string of the molecule is CCn1ncc(CN(C)C(=O)c2cc(-c3ccccc3)on2)c1C. The summed E-state index contributed by atoms with van der Waals surface area (Å²) in [4.78, 5) is 14.2. The number of amides is 1. The monoisotopic (exact) mass is 324 g/mol. The first-order valence-electron chi connectivity index (χ1n) is 7.89. The van der Waals surface area contributed by atoms with Crippen molar-refractivity contribution in [1.82, 2.24) is 19.8 Å². The van der Waals surface area contributed by atoms with Crippen LogP contribution < -0.4 is 0 Å². The van der Waals surface area contributed by atoms with Gasteiger partial charge in [0.25, 0.3) is 5.91 Å². The first kappa shape index (κ1) is 16.0. The number of carbonyl (C=O) groups is 1. The van der Waals surface area contributed by atoms with Gasteiger partial charge in [-0.25, -0.2) is 0 Å². The van der Waals surface area contributed by atoms with E-state index in [4.69, 9.17) is 4.52 Å². The zero-order valence-corrected chi connectivity index (χ0v) is 14.1. The maximum absolute atomic E-state index is 12.6. The van der Waals surface area contributed by atoms with Gasteiger partial charge in [-0.1, -0.05) is 35.5 Å². The summed E-state index contributed by atoms with van der Waals surface area (Å²) in [6, 6.07) is 11.3. The Morgan fingerprint density at radius 3 is 2.71 bits per heavy atom. The van der Waals surface area contributed by atoms with Crippen LogP contribution in [-0.2, 0) is 13.1 Å². The average molecular weight is 324 g/mol. The highest BCUT2D eigenvalue weighted by molar-refractivity contribution is 5.92. The van der Waals surface area contributed by atoms with Crippen LogP contribution in [0, 0.1) is 6.92 Å². The highest BCUT2D eigenvalue weighted by Gasteiger charge is 2.19. The molecule has 0 atom stereocenters. The Hall–Kier alpha value is -2.89. The van der Waals surface area contributed by atoms with E-state index < -0.39 is 0 Å². The third-order valence-electron chi connectivity index (χ3n) is 4.05. The minimum absolute atomic E-state index is 0.176. The average Bonchev–Trinajstić information content (AvgIpc) is 3.23. The molecule has 0 fully saturated rings. The highest BCUT2D eigenvalue weighted by Crippen LogP contribution is 2.20. The van der Waals surface area contributed by atoms with Crippen molar-refractivity contribution in [1.29, 1.82) is 0 Å². The van der Waals surface area contributed by atoms with Crippen molar-refractivity contribution < 1.29 is 9.32 Å². The summed E-state index contributed by atoms with van der Waals surface area (Å²) in [5.74, 6) is 0.409. The first-order chi connectivity index (χ1) is 11.6. The Morgan fingerprint density at radius 1 is 1.29 bits per heavy atom. The van der Waals surface area contributed by atoms with Gasteiger partial charge in [0.05, 0.1) is 6.20 Å². The maximum atomic E-state index is 12.6. The summed E-state index contributed by atoms with van der Waals surface area (Å²) in [5, 5.41) is 8.22. The first-order valence-corrected chi connectivity index (χ1v) is 7.89. The second kappa shape index (κ2) is 6.70. The van der Waals surface area contributed by atoms with E-state index in [1.54, 1.807) is 24.2 Å². The van der Waals surface area contributed by atoms with Gasteiger partial charge in [0.15, 0.2) is 11.5 Å². The summed E-state index contributed by atoms with van der Waals surface area (Å²) in [7, 11) is 1.75. The molecule has 3 aromatic rings. The van der Waals surface area contributed by atoms with Crippen molar-refractivity contribution in [2.45, 2.75) is 26.9 Å². The Morgan fingerprint density at radius 2 is 2.04 bits per heavy atom. The Kier molecular flexibility index (Phi) is 4.46. The van der Waals surface area contributed by atoms with E-state index in [0.717, 1.165) is 23.4 Å². The van der Waals surface area contributed by atoms with E-state index in [1.165, 1.54) is 0 Å². The molecular weight excluding hydrogens is 304 g/mol. The van der Waals surface area contributed by atoms with Crippen LogP contribution in [0.15, 0.2) is 47.1 Å². The second-order valence-corrected chi connectivity index (χ2v) is 5.67. The van der Waals surface area contributed by atoms with E-state index in [2.05, 4.69) is 10.3 Å². The molecule has 6 heteroatoms. The third-order valence-corrected chi connectivity index (χ3v) is 4.05. The number of hydrogen-bond donors (Lipinski definition) is 0. The molecule has 3 rings (SSSR count). The van der Waals surface area contributed by atoms with Crippen molar-refractivity contribution in [3.63, 3.8) is 0 Å². The summed E-state index contributed by atoms with van der Waals surface area (Å²) >= 11 is 0. The van der Waals surface area contributed by atoms with Gasteiger partial charge >= 0.3 is 0 Å². The van der Waals surface area contributed by atoms with Crippen LogP contribution in [0.4, 0.5) is 0 Å². The summed E-state index contributed by atoms with van der Waals surface area (Å²) < 4.78 is 7.22. The predicted molar refractivity (Wildman–Crippen MR) is 90.4 cm³/mol. The van der Waals surface area contributed by atoms with Crippen molar-refractivity contribution in [3.05, 3.63) is 59.5 Å². The molecule has 24 heavy (non-hydrogen) atoms. The molecule has 2 aromatic heterocycles. The van der Waals surface area contributed by atoms with Gasteiger partial charge in [-0.2, -0.15) is 5.10 Å². The van der Waals surface area contributed by atoms with E-state index in [0.29, 0.717) is 18.0 Å². The summed E-state index contributed by atoms with van der Waals surface area (Å²) in [6.07, 6.45) is 1.81. The van der Waals surface area contributed by atoms with E-state index >= 15 is 0 Å². The molecule has 1 amide bonds. The lowest BCUT2D eigenvalue weighted by atomic mass is 10.1. The molecule has 6 nitrogen and oxygen atoms in total. The van der Waals surface area contributed by atoms with Crippen LogP contribution in [0.3, 0.4) is 0 Å². The molecule has 0 aliphatic heterocycles. The summed E-state index contributed by atoms with van der Waals surface area (Å²) in [5.41, 5.74) is 3.30. The van der Waals surface area contributed by atoms with Crippen LogP contribution in [0.1, 0.15) is 28.7 Å². The number of benzene rings is 1. The molecule has 0 N–H and O–H groups in total. The van der Waals surface area contributed by atoms with Crippen LogP contribution in [-0.4, -0.2) is 32.8 Å². The Balaban J connectivity index is 1.74. The molecule has 0 saturated carbocycles. The van der Waals surface area contributed by atoms with E-state index in [-0.39, 0.29) is 5.91 Å². The molecule has 0 aliphatic rings. The molecule has 0 aliphatic carbocycles. The topological polar surface area (TPSA) is 64.2 Å². The van der Waals surface area contributed by atoms with Gasteiger partial charge in [0.1, 0.15) is 0 Å². The molecule has 0 radical (unpaired) electrons.